The SMILES string of the molecule is c1ccc(-c2ccc(N(c3ccc(-c4ccc5c(c4)oc4cc6nc(-c7ccccc7)oc6cc45)cc3)c3ccc(-c4cccc5c4sc4ccccc45)cc3)cc2)cc1. The summed E-state index contributed by atoms with van der Waals surface area (Å²) in [6.45, 7) is 0. The van der Waals surface area contributed by atoms with E-state index in [0.29, 0.717) is 5.89 Å². The zero-order valence-electron chi connectivity index (χ0n) is 32.2. The summed E-state index contributed by atoms with van der Waals surface area (Å²) in [5.74, 6) is 0.606. The molecular formula is C55H34N2O2S. The van der Waals surface area contributed by atoms with E-state index in [4.69, 9.17) is 13.8 Å². The normalized spacial score (nSPS) is 11.7. The lowest BCUT2D eigenvalue weighted by molar-refractivity contribution is 0.620. The third-order valence-corrected chi connectivity index (χ3v) is 12.8. The van der Waals surface area contributed by atoms with E-state index in [0.717, 1.165) is 66.8 Å². The monoisotopic (exact) mass is 786 g/mol. The molecular weight excluding hydrogens is 753 g/mol. The fourth-order valence-electron chi connectivity index (χ4n) is 8.53. The van der Waals surface area contributed by atoms with Crippen LogP contribution in [0.1, 0.15) is 0 Å². The minimum Gasteiger partial charge on any atom is -0.456 e. The highest BCUT2D eigenvalue weighted by Gasteiger charge is 2.17. The summed E-state index contributed by atoms with van der Waals surface area (Å²) in [6.07, 6.45) is 0. The third kappa shape index (κ3) is 5.86. The fourth-order valence-corrected chi connectivity index (χ4v) is 9.77. The first kappa shape index (κ1) is 34.3. The van der Waals surface area contributed by atoms with Gasteiger partial charge in [-0.2, -0.15) is 0 Å². The second kappa shape index (κ2) is 14.0. The van der Waals surface area contributed by atoms with Crippen molar-refractivity contribution in [1.82, 2.24) is 4.98 Å². The molecule has 0 radical (unpaired) electrons. The van der Waals surface area contributed by atoms with Gasteiger partial charge < -0.3 is 13.7 Å². The Bertz CT molecular complexity index is 3510. The Morgan fingerprint density at radius 1 is 0.367 bits per heavy atom. The molecule has 0 aliphatic heterocycles. The van der Waals surface area contributed by atoms with Crippen molar-refractivity contribution < 1.29 is 8.83 Å². The van der Waals surface area contributed by atoms with Crippen LogP contribution in [0.3, 0.4) is 0 Å². The van der Waals surface area contributed by atoms with Crippen LogP contribution in [0, 0.1) is 0 Å². The predicted octanol–water partition coefficient (Wildman–Crippen LogP) is 16.2. The van der Waals surface area contributed by atoms with Crippen molar-refractivity contribution in [3.05, 3.63) is 206 Å². The highest BCUT2D eigenvalue weighted by atomic mass is 32.1. The Labute approximate surface area is 349 Å². The predicted molar refractivity (Wildman–Crippen MR) is 251 cm³/mol. The molecule has 0 amide bonds. The zero-order valence-corrected chi connectivity index (χ0v) is 33.1. The van der Waals surface area contributed by atoms with Crippen LogP contribution >= 0.6 is 11.3 Å². The number of aromatic nitrogens is 1. The molecule has 5 heteroatoms. The molecule has 60 heavy (non-hydrogen) atoms. The van der Waals surface area contributed by atoms with Crippen molar-refractivity contribution in [2.75, 3.05) is 4.90 Å². The summed E-state index contributed by atoms with van der Waals surface area (Å²) < 4.78 is 15.3. The molecule has 0 fully saturated rings. The summed E-state index contributed by atoms with van der Waals surface area (Å²) in [4.78, 5) is 7.09. The first-order chi connectivity index (χ1) is 29.7. The highest BCUT2D eigenvalue weighted by Crippen LogP contribution is 2.42. The van der Waals surface area contributed by atoms with Gasteiger partial charge in [0.05, 0.1) is 0 Å². The molecule has 282 valence electrons. The molecule has 0 aliphatic rings. The topological polar surface area (TPSA) is 42.4 Å². The molecule has 0 bridgehead atoms. The number of oxazole rings is 1. The number of fused-ring (bicyclic) bond motifs is 7. The van der Waals surface area contributed by atoms with Gasteiger partial charge in [0, 0.05) is 59.6 Å². The molecule has 0 saturated heterocycles. The van der Waals surface area contributed by atoms with E-state index in [2.05, 4.69) is 169 Å². The van der Waals surface area contributed by atoms with E-state index in [-0.39, 0.29) is 0 Å². The van der Waals surface area contributed by atoms with Crippen LogP contribution in [-0.4, -0.2) is 4.98 Å². The average molecular weight is 787 g/mol. The second-order valence-electron chi connectivity index (χ2n) is 15.1. The first-order valence-corrected chi connectivity index (χ1v) is 20.9. The third-order valence-electron chi connectivity index (χ3n) is 11.5. The van der Waals surface area contributed by atoms with Crippen molar-refractivity contribution in [2.45, 2.75) is 0 Å². The Morgan fingerprint density at radius 2 is 0.933 bits per heavy atom. The van der Waals surface area contributed by atoms with Gasteiger partial charge in [0.25, 0.3) is 0 Å². The summed E-state index contributed by atoms with van der Waals surface area (Å²) in [7, 11) is 0. The Hall–Kier alpha value is -7.73. The van der Waals surface area contributed by atoms with Crippen molar-refractivity contribution >= 4 is 81.6 Å². The maximum absolute atomic E-state index is 6.45. The van der Waals surface area contributed by atoms with Gasteiger partial charge in [0.2, 0.25) is 5.89 Å². The molecule has 0 unspecified atom stereocenters. The van der Waals surface area contributed by atoms with Crippen molar-refractivity contribution in [3.63, 3.8) is 0 Å². The van der Waals surface area contributed by atoms with Crippen molar-refractivity contribution in [2.24, 2.45) is 0 Å². The van der Waals surface area contributed by atoms with Gasteiger partial charge >= 0.3 is 0 Å². The number of nitrogens with zero attached hydrogens (tertiary/aromatic N) is 2. The van der Waals surface area contributed by atoms with Gasteiger partial charge in [-0.15, -0.1) is 11.3 Å². The van der Waals surface area contributed by atoms with Crippen LogP contribution < -0.4 is 4.90 Å². The van der Waals surface area contributed by atoms with E-state index in [9.17, 15) is 0 Å². The molecule has 4 nitrogen and oxygen atoms in total. The highest BCUT2D eigenvalue weighted by molar-refractivity contribution is 7.26. The molecule has 0 N–H and O–H groups in total. The summed E-state index contributed by atoms with van der Waals surface area (Å²) >= 11 is 1.87. The van der Waals surface area contributed by atoms with Crippen molar-refractivity contribution in [3.8, 4) is 44.8 Å². The molecule has 3 aromatic heterocycles. The van der Waals surface area contributed by atoms with Gasteiger partial charge in [0.15, 0.2) is 5.58 Å². The molecule has 0 saturated carbocycles. The summed E-state index contributed by atoms with van der Waals surface area (Å²) in [5.41, 5.74) is 14.4. The second-order valence-corrected chi connectivity index (χ2v) is 16.2. The quantitative estimate of drug-likeness (QED) is 0.161. The molecule has 3 heterocycles. The largest absolute Gasteiger partial charge is 0.456 e. The minimum atomic E-state index is 0.606. The fraction of sp³-hybridized carbons (Fsp3) is 0. The molecule has 9 aromatic carbocycles. The average Bonchev–Trinajstić information content (AvgIpc) is 4.02. The van der Waals surface area contributed by atoms with Gasteiger partial charge in [0.1, 0.15) is 16.7 Å². The van der Waals surface area contributed by atoms with E-state index in [1.165, 1.54) is 42.4 Å². The van der Waals surface area contributed by atoms with Crippen molar-refractivity contribution in [1.29, 1.82) is 0 Å². The van der Waals surface area contributed by atoms with Crippen LogP contribution in [0.15, 0.2) is 215 Å². The van der Waals surface area contributed by atoms with E-state index in [1.54, 1.807) is 0 Å². The number of benzene rings is 9. The number of rotatable bonds is 7. The Morgan fingerprint density at radius 3 is 1.65 bits per heavy atom. The number of hydrogen-bond acceptors (Lipinski definition) is 5. The Kier molecular flexibility index (Phi) is 8.00. The van der Waals surface area contributed by atoms with Gasteiger partial charge in [-0.3, -0.25) is 0 Å². The lowest BCUT2D eigenvalue weighted by atomic mass is 10.0. The summed E-state index contributed by atoms with van der Waals surface area (Å²) in [6, 6.07) is 73.0. The molecule has 0 atom stereocenters. The molecule has 12 rings (SSSR count). The lowest BCUT2D eigenvalue weighted by Crippen LogP contribution is -2.09. The standard InChI is InChI=1S/C55H34N2O2S/c1-3-10-35(11-4-1)36-18-25-41(26-19-36)57(43-29-22-38(23-30-43)44-15-9-16-47-46-14-7-8-17-53(46)60-54(44)47)42-27-20-37(21-28-42)40-24-31-45-48-33-52-49(34-51(48)58-50(45)32-40)56-55(59-52)39-12-5-2-6-13-39/h1-34H. The maximum Gasteiger partial charge on any atom is 0.227 e. The first-order valence-electron chi connectivity index (χ1n) is 20.1. The lowest BCUT2D eigenvalue weighted by Gasteiger charge is -2.26. The van der Waals surface area contributed by atoms with E-state index in [1.807, 2.05) is 53.8 Å². The molecule has 12 aromatic rings. The van der Waals surface area contributed by atoms with E-state index >= 15 is 0 Å². The van der Waals surface area contributed by atoms with Crippen LogP contribution in [0.25, 0.3) is 98.0 Å². The maximum atomic E-state index is 6.45. The van der Waals surface area contributed by atoms with Gasteiger partial charge in [-0.25, -0.2) is 4.98 Å². The molecule has 0 aliphatic carbocycles. The number of thiophene rings is 1. The minimum absolute atomic E-state index is 0.606. The summed E-state index contributed by atoms with van der Waals surface area (Å²) in [5, 5.41) is 4.67. The van der Waals surface area contributed by atoms with Crippen LogP contribution in [-0.2, 0) is 0 Å². The van der Waals surface area contributed by atoms with Crippen LogP contribution in [0.4, 0.5) is 17.1 Å². The smallest absolute Gasteiger partial charge is 0.227 e. The van der Waals surface area contributed by atoms with Crippen LogP contribution in [0.2, 0.25) is 0 Å². The number of hydrogen-bond donors (Lipinski definition) is 0. The molecule has 0 spiro atoms. The Balaban J connectivity index is 0.893. The number of anilines is 3. The van der Waals surface area contributed by atoms with Gasteiger partial charge in [-0.05, 0) is 106 Å². The zero-order chi connectivity index (χ0) is 39.6. The van der Waals surface area contributed by atoms with Gasteiger partial charge in [-0.1, -0.05) is 127 Å². The number of furan rings is 1. The van der Waals surface area contributed by atoms with E-state index < -0.39 is 0 Å². The van der Waals surface area contributed by atoms with Crippen LogP contribution in [0.5, 0.6) is 0 Å².